The second kappa shape index (κ2) is 11.7. The Labute approximate surface area is 88.5 Å². The van der Waals surface area contributed by atoms with Gasteiger partial charge >= 0.3 is 0 Å². The number of rotatable bonds is 6. The highest BCUT2D eigenvalue weighted by Crippen LogP contribution is 2.05. The van der Waals surface area contributed by atoms with Crippen LogP contribution < -0.4 is 0 Å². The van der Waals surface area contributed by atoms with E-state index in [9.17, 15) is 0 Å². The van der Waals surface area contributed by atoms with E-state index >= 15 is 0 Å². The Morgan fingerprint density at radius 3 is 2.29 bits per heavy atom. The van der Waals surface area contributed by atoms with Gasteiger partial charge in [0.15, 0.2) is 0 Å². The standard InChI is InChI=1S/C14H17/c1-3-5-7-9-11-13-14-12-10-8-6-4-2/h3,5,7,9,11,13-14H2,1H3. The van der Waals surface area contributed by atoms with Crippen LogP contribution in [0.5, 0.6) is 0 Å². The fraction of sp³-hybridized carbons (Fsp3) is 0.571. The van der Waals surface area contributed by atoms with Crippen LogP contribution in [0.4, 0.5) is 0 Å². The molecule has 0 saturated carbocycles. The van der Waals surface area contributed by atoms with Gasteiger partial charge in [-0.1, -0.05) is 44.9 Å². The van der Waals surface area contributed by atoms with Gasteiger partial charge in [-0.15, -0.1) is 0 Å². The molecule has 0 amide bonds. The van der Waals surface area contributed by atoms with E-state index < -0.39 is 0 Å². The second-order valence-corrected chi connectivity index (χ2v) is 3.19. The Balaban J connectivity index is 3.20. The van der Waals surface area contributed by atoms with Gasteiger partial charge in [0, 0.05) is 6.42 Å². The maximum absolute atomic E-state index is 6.52. The third-order valence-corrected chi connectivity index (χ3v) is 1.93. The first-order chi connectivity index (χ1) is 6.91. The van der Waals surface area contributed by atoms with Crippen LogP contribution in [0.15, 0.2) is 0 Å². The van der Waals surface area contributed by atoms with E-state index in [1.807, 2.05) is 5.92 Å². The maximum Gasteiger partial charge on any atom is 0.00989 e. The zero-order valence-corrected chi connectivity index (χ0v) is 8.95. The molecule has 0 fully saturated rings. The van der Waals surface area contributed by atoms with Gasteiger partial charge in [-0.3, -0.25) is 0 Å². The number of hydrogen-bond acceptors (Lipinski definition) is 0. The normalized spacial score (nSPS) is 7.71. The van der Waals surface area contributed by atoms with Crippen molar-refractivity contribution in [2.24, 2.45) is 0 Å². The highest BCUT2D eigenvalue weighted by atomic mass is 13.9. The lowest BCUT2D eigenvalue weighted by Crippen LogP contribution is -1.77. The first-order valence-electron chi connectivity index (χ1n) is 5.31. The predicted octanol–water partition coefficient (Wildman–Crippen LogP) is 3.33. The van der Waals surface area contributed by atoms with Crippen LogP contribution in [-0.4, -0.2) is 0 Å². The van der Waals surface area contributed by atoms with E-state index in [0.29, 0.717) is 0 Å². The molecule has 14 heavy (non-hydrogen) atoms. The quantitative estimate of drug-likeness (QED) is 0.440. The van der Waals surface area contributed by atoms with E-state index in [-0.39, 0.29) is 0 Å². The van der Waals surface area contributed by atoms with Crippen molar-refractivity contribution in [2.75, 3.05) is 0 Å². The molecule has 0 nitrogen and oxygen atoms in total. The van der Waals surface area contributed by atoms with Crippen molar-refractivity contribution in [3.63, 3.8) is 0 Å². The van der Waals surface area contributed by atoms with Gasteiger partial charge in [0.05, 0.1) is 0 Å². The summed E-state index contributed by atoms with van der Waals surface area (Å²) in [6, 6.07) is 0. The average molecular weight is 185 g/mol. The molecule has 0 atom stereocenters. The summed E-state index contributed by atoms with van der Waals surface area (Å²) in [7, 11) is 0. The van der Waals surface area contributed by atoms with E-state index in [2.05, 4.69) is 30.6 Å². The van der Waals surface area contributed by atoms with Gasteiger partial charge in [0.25, 0.3) is 0 Å². The van der Waals surface area contributed by atoms with Gasteiger partial charge < -0.3 is 0 Å². The molecule has 0 saturated heterocycles. The smallest absolute Gasteiger partial charge is 0.00989 e. The zero-order chi connectivity index (χ0) is 10.5. The maximum atomic E-state index is 6.52. The summed E-state index contributed by atoms with van der Waals surface area (Å²) >= 11 is 0. The second-order valence-electron chi connectivity index (χ2n) is 3.19. The highest BCUT2D eigenvalue weighted by Gasteiger charge is 1.87. The van der Waals surface area contributed by atoms with Crippen LogP contribution >= 0.6 is 0 Å². The molecular formula is C14H17. The van der Waals surface area contributed by atoms with Gasteiger partial charge in [0.2, 0.25) is 0 Å². The molecule has 0 bridgehead atoms. The summed E-state index contributed by atoms with van der Waals surface area (Å²) in [5.74, 6) is 12.5. The van der Waals surface area contributed by atoms with Crippen molar-refractivity contribution in [3.8, 4) is 29.6 Å². The minimum absolute atomic E-state index is 0.929. The largest absolute Gasteiger partial charge is 0.0891 e. The lowest BCUT2D eigenvalue weighted by molar-refractivity contribution is 0.614. The molecule has 0 heterocycles. The first kappa shape index (κ1) is 12.7. The summed E-state index contributed by atoms with van der Waals surface area (Å²) in [4.78, 5) is 0. The molecular weight excluding hydrogens is 168 g/mol. The number of unbranched alkanes of at least 4 members (excludes halogenated alkanes) is 6. The van der Waals surface area contributed by atoms with Gasteiger partial charge in [-0.2, -0.15) is 0 Å². The van der Waals surface area contributed by atoms with E-state index in [4.69, 9.17) is 6.42 Å². The van der Waals surface area contributed by atoms with Crippen LogP contribution in [0.2, 0.25) is 0 Å². The molecule has 0 rings (SSSR count). The molecule has 0 spiro atoms. The SMILES string of the molecule is [C]#CC#CC#CCCCCCCCC. The molecule has 0 N–H and O–H groups in total. The molecule has 0 aromatic rings. The Morgan fingerprint density at radius 1 is 0.857 bits per heavy atom. The van der Waals surface area contributed by atoms with Crippen molar-refractivity contribution in [1.82, 2.24) is 0 Å². The summed E-state index contributed by atoms with van der Waals surface area (Å²) in [6.45, 7) is 2.23. The minimum Gasteiger partial charge on any atom is -0.0891 e. The molecule has 73 valence electrons. The van der Waals surface area contributed by atoms with Crippen molar-refractivity contribution in [3.05, 3.63) is 6.42 Å². The average Bonchev–Trinajstić information content (AvgIpc) is 2.21. The van der Waals surface area contributed by atoms with Gasteiger partial charge in [-0.25, -0.2) is 0 Å². The lowest BCUT2D eigenvalue weighted by atomic mass is 10.1. The van der Waals surface area contributed by atoms with Crippen molar-refractivity contribution in [2.45, 2.75) is 51.9 Å². The molecule has 0 aliphatic heterocycles. The van der Waals surface area contributed by atoms with Crippen molar-refractivity contribution in [1.29, 1.82) is 0 Å². The molecule has 1 radical (unpaired) electrons. The summed E-state index contributed by atoms with van der Waals surface area (Å²) in [5, 5.41) is 0. The zero-order valence-electron chi connectivity index (χ0n) is 8.95. The van der Waals surface area contributed by atoms with Crippen molar-refractivity contribution >= 4 is 0 Å². The molecule has 0 aromatic carbocycles. The molecule has 0 aliphatic carbocycles. The topological polar surface area (TPSA) is 0 Å². The van der Waals surface area contributed by atoms with Gasteiger partial charge in [0.1, 0.15) is 0 Å². The number of hydrogen-bond donors (Lipinski definition) is 0. The third kappa shape index (κ3) is 10.7. The van der Waals surface area contributed by atoms with Crippen LogP contribution in [0.3, 0.4) is 0 Å². The van der Waals surface area contributed by atoms with E-state index in [1.165, 1.54) is 38.5 Å². The Hall–Kier alpha value is -1.32. The monoisotopic (exact) mass is 185 g/mol. The van der Waals surface area contributed by atoms with Crippen LogP contribution in [0.1, 0.15) is 51.9 Å². The van der Waals surface area contributed by atoms with Crippen LogP contribution in [0.25, 0.3) is 0 Å². The van der Waals surface area contributed by atoms with Crippen LogP contribution in [0, 0.1) is 36.0 Å². The first-order valence-corrected chi connectivity index (χ1v) is 5.31. The highest BCUT2D eigenvalue weighted by molar-refractivity contribution is 5.32. The van der Waals surface area contributed by atoms with Crippen molar-refractivity contribution < 1.29 is 0 Å². The Morgan fingerprint density at radius 2 is 1.57 bits per heavy atom. The van der Waals surface area contributed by atoms with E-state index in [0.717, 1.165) is 6.42 Å². The molecule has 0 heteroatoms. The summed E-state index contributed by atoms with van der Waals surface area (Å²) in [5.41, 5.74) is 0. The summed E-state index contributed by atoms with van der Waals surface area (Å²) < 4.78 is 0. The predicted molar refractivity (Wildman–Crippen MR) is 60.7 cm³/mol. The van der Waals surface area contributed by atoms with Gasteiger partial charge in [-0.05, 0) is 36.5 Å². The molecule has 0 aromatic heterocycles. The third-order valence-electron chi connectivity index (χ3n) is 1.93. The fourth-order valence-corrected chi connectivity index (χ4v) is 1.16. The minimum atomic E-state index is 0.929. The Kier molecular flexibility index (Phi) is 10.6. The van der Waals surface area contributed by atoms with Crippen LogP contribution in [-0.2, 0) is 0 Å². The van der Waals surface area contributed by atoms with E-state index in [1.54, 1.807) is 0 Å². The molecule has 0 aliphatic rings. The fourth-order valence-electron chi connectivity index (χ4n) is 1.16. The molecule has 0 unspecified atom stereocenters. The Bertz CT molecular complexity index is 269. The summed E-state index contributed by atoms with van der Waals surface area (Å²) in [6.07, 6.45) is 15.2. The lowest BCUT2D eigenvalue weighted by Gasteiger charge is -1.96.